The number of nitrogens with zero attached hydrogens (tertiary/aromatic N) is 4. The SMILES string of the molecule is Cc1nc2c(c(=O)[nH]1)CN(c1ncnc3[nH]ccc13)CC2. The second kappa shape index (κ2) is 4.41. The molecule has 1 aliphatic rings. The van der Waals surface area contributed by atoms with Crippen molar-refractivity contribution in [2.45, 2.75) is 19.9 Å². The lowest BCUT2D eigenvalue weighted by Crippen LogP contribution is -2.36. The predicted octanol–water partition coefficient (Wildman–Crippen LogP) is 0.912. The topological polar surface area (TPSA) is 90.6 Å². The van der Waals surface area contributed by atoms with Gasteiger partial charge in [-0.1, -0.05) is 0 Å². The largest absolute Gasteiger partial charge is 0.351 e. The molecule has 0 aromatic carbocycles. The molecule has 4 rings (SSSR count). The van der Waals surface area contributed by atoms with Crippen molar-refractivity contribution in [2.24, 2.45) is 0 Å². The summed E-state index contributed by atoms with van der Waals surface area (Å²) in [6.07, 6.45) is 4.13. The minimum absolute atomic E-state index is 0.0541. The highest BCUT2D eigenvalue weighted by atomic mass is 16.1. The Hall–Kier alpha value is -2.70. The van der Waals surface area contributed by atoms with Crippen LogP contribution in [0.2, 0.25) is 0 Å². The van der Waals surface area contributed by atoms with E-state index in [1.165, 1.54) is 0 Å². The lowest BCUT2D eigenvalue weighted by Gasteiger charge is -2.28. The highest BCUT2D eigenvalue weighted by molar-refractivity contribution is 5.87. The monoisotopic (exact) mass is 282 g/mol. The van der Waals surface area contributed by atoms with E-state index in [9.17, 15) is 4.79 Å². The summed E-state index contributed by atoms with van der Waals surface area (Å²) in [6.45, 7) is 3.12. The number of aryl methyl sites for hydroxylation is 1. The highest BCUT2D eigenvalue weighted by Crippen LogP contribution is 2.25. The van der Waals surface area contributed by atoms with Gasteiger partial charge in [0, 0.05) is 19.2 Å². The smallest absolute Gasteiger partial charge is 0.256 e. The highest BCUT2D eigenvalue weighted by Gasteiger charge is 2.23. The van der Waals surface area contributed by atoms with Crippen molar-refractivity contribution in [2.75, 3.05) is 11.4 Å². The molecule has 106 valence electrons. The number of hydrogen-bond acceptors (Lipinski definition) is 5. The van der Waals surface area contributed by atoms with E-state index in [1.54, 1.807) is 6.33 Å². The van der Waals surface area contributed by atoms with E-state index in [-0.39, 0.29) is 5.56 Å². The third-order valence-corrected chi connectivity index (χ3v) is 3.82. The number of aromatic nitrogens is 5. The number of fused-ring (bicyclic) bond motifs is 2. The fourth-order valence-electron chi connectivity index (χ4n) is 2.84. The average Bonchev–Trinajstić information content (AvgIpc) is 2.95. The molecule has 0 saturated carbocycles. The molecule has 3 aromatic rings. The zero-order chi connectivity index (χ0) is 14.4. The van der Waals surface area contributed by atoms with Crippen molar-refractivity contribution in [3.8, 4) is 0 Å². The summed E-state index contributed by atoms with van der Waals surface area (Å²) < 4.78 is 0. The molecule has 2 N–H and O–H groups in total. The van der Waals surface area contributed by atoms with Gasteiger partial charge in [0.1, 0.15) is 23.6 Å². The van der Waals surface area contributed by atoms with E-state index in [2.05, 4.69) is 29.8 Å². The number of nitrogens with one attached hydrogen (secondary N) is 2. The Labute approximate surface area is 120 Å². The summed E-state index contributed by atoms with van der Waals surface area (Å²) in [4.78, 5) is 33.1. The summed E-state index contributed by atoms with van der Waals surface area (Å²) in [5.41, 5.74) is 2.38. The molecule has 21 heavy (non-hydrogen) atoms. The van der Waals surface area contributed by atoms with Crippen LogP contribution in [0.15, 0.2) is 23.4 Å². The van der Waals surface area contributed by atoms with Crippen LogP contribution < -0.4 is 10.5 Å². The summed E-state index contributed by atoms with van der Waals surface area (Å²) in [5.74, 6) is 1.52. The first kappa shape index (κ1) is 12.1. The van der Waals surface area contributed by atoms with Gasteiger partial charge in [0.25, 0.3) is 5.56 Å². The van der Waals surface area contributed by atoms with Crippen molar-refractivity contribution >= 4 is 16.9 Å². The van der Waals surface area contributed by atoms with Crippen LogP contribution in [0.25, 0.3) is 11.0 Å². The Kier molecular flexibility index (Phi) is 2.53. The van der Waals surface area contributed by atoms with E-state index < -0.39 is 0 Å². The Morgan fingerprint density at radius 3 is 3.14 bits per heavy atom. The van der Waals surface area contributed by atoms with Crippen LogP contribution in [0.1, 0.15) is 17.1 Å². The van der Waals surface area contributed by atoms with Gasteiger partial charge in [-0.2, -0.15) is 0 Å². The van der Waals surface area contributed by atoms with Gasteiger partial charge in [-0.3, -0.25) is 4.79 Å². The Bertz CT molecular complexity index is 881. The van der Waals surface area contributed by atoms with Gasteiger partial charge >= 0.3 is 0 Å². The fourth-order valence-corrected chi connectivity index (χ4v) is 2.84. The molecule has 7 heteroatoms. The number of anilines is 1. The maximum absolute atomic E-state index is 12.1. The standard InChI is InChI=1S/C14H14N6O/c1-8-18-11-3-5-20(6-10(11)14(21)19-8)13-9-2-4-15-12(9)16-7-17-13/h2,4,7H,3,5-6H2,1H3,(H,15,16,17)(H,18,19,21). The molecule has 0 spiro atoms. The predicted molar refractivity (Wildman–Crippen MR) is 78.2 cm³/mol. The number of aromatic amines is 2. The summed E-state index contributed by atoms with van der Waals surface area (Å²) in [5, 5.41) is 0.970. The second-order valence-electron chi connectivity index (χ2n) is 5.19. The summed E-state index contributed by atoms with van der Waals surface area (Å²) in [7, 11) is 0. The first-order valence-electron chi connectivity index (χ1n) is 6.84. The number of H-pyrrole nitrogens is 2. The van der Waals surface area contributed by atoms with Crippen LogP contribution in [0.4, 0.5) is 5.82 Å². The molecule has 0 amide bonds. The molecular weight excluding hydrogens is 268 g/mol. The maximum atomic E-state index is 12.1. The average molecular weight is 282 g/mol. The number of rotatable bonds is 1. The fraction of sp³-hybridized carbons (Fsp3) is 0.286. The van der Waals surface area contributed by atoms with Gasteiger partial charge < -0.3 is 14.9 Å². The molecule has 0 bridgehead atoms. The summed E-state index contributed by atoms with van der Waals surface area (Å²) in [6, 6.07) is 1.96. The van der Waals surface area contributed by atoms with Crippen LogP contribution in [-0.4, -0.2) is 31.5 Å². The summed E-state index contributed by atoms with van der Waals surface area (Å²) >= 11 is 0. The molecule has 0 atom stereocenters. The zero-order valence-electron chi connectivity index (χ0n) is 11.6. The van der Waals surface area contributed by atoms with Crippen molar-refractivity contribution in [1.82, 2.24) is 24.9 Å². The van der Waals surface area contributed by atoms with Gasteiger partial charge in [0.05, 0.1) is 23.2 Å². The lowest BCUT2D eigenvalue weighted by molar-refractivity contribution is 0.685. The van der Waals surface area contributed by atoms with Crippen LogP contribution >= 0.6 is 0 Å². The van der Waals surface area contributed by atoms with E-state index in [0.717, 1.165) is 41.1 Å². The second-order valence-corrected chi connectivity index (χ2v) is 5.19. The Balaban J connectivity index is 1.79. The van der Waals surface area contributed by atoms with Crippen LogP contribution in [0.3, 0.4) is 0 Å². The van der Waals surface area contributed by atoms with Crippen molar-refractivity contribution in [3.05, 3.63) is 46.0 Å². The molecule has 7 nitrogen and oxygen atoms in total. The quantitative estimate of drug-likeness (QED) is 0.692. The van der Waals surface area contributed by atoms with Gasteiger partial charge in [-0.25, -0.2) is 15.0 Å². The van der Waals surface area contributed by atoms with Crippen LogP contribution in [-0.2, 0) is 13.0 Å². The third-order valence-electron chi connectivity index (χ3n) is 3.82. The third kappa shape index (κ3) is 1.89. The van der Waals surface area contributed by atoms with E-state index in [1.807, 2.05) is 19.2 Å². The van der Waals surface area contributed by atoms with E-state index in [4.69, 9.17) is 0 Å². The number of hydrogen-bond donors (Lipinski definition) is 2. The molecule has 0 saturated heterocycles. The van der Waals surface area contributed by atoms with E-state index in [0.29, 0.717) is 12.4 Å². The van der Waals surface area contributed by atoms with Gasteiger partial charge in [-0.05, 0) is 13.0 Å². The minimum Gasteiger partial charge on any atom is -0.351 e. The first-order chi connectivity index (χ1) is 10.2. The van der Waals surface area contributed by atoms with E-state index >= 15 is 0 Å². The van der Waals surface area contributed by atoms with Gasteiger partial charge in [0.2, 0.25) is 0 Å². The zero-order valence-corrected chi connectivity index (χ0v) is 11.6. The molecular formula is C14H14N6O. The Morgan fingerprint density at radius 2 is 2.24 bits per heavy atom. The Morgan fingerprint density at radius 1 is 1.33 bits per heavy atom. The molecule has 0 unspecified atom stereocenters. The van der Waals surface area contributed by atoms with Crippen molar-refractivity contribution in [3.63, 3.8) is 0 Å². The molecule has 0 aliphatic carbocycles. The lowest BCUT2D eigenvalue weighted by atomic mass is 10.1. The minimum atomic E-state index is -0.0541. The maximum Gasteiger partial charge on any atom is 0.256 e. The molecule has 4 heterocycles. The molecule has 3 aromatic heterocycles. The van der Waals surface area contributed by atoms with Crippen molar-refractivity contribution in [1.29, 1.82) is 0 Å². The first-order valence-corrected chi connectivity index (χ1v) is 6.84. The van der Waals surface area contributed by atoms with Gasteiger partial charge in [-0.15, -0.1) is 0 Å². The van der Waals surface area contributed by atoms with Crippen LogP contribution in [0, 0.1) is 6.92 Å². The molecule has 0 radical (unpaired) electrons. The van der Waals surface area contributed by atoms with Crippen molar-refractivity contribution < 1.29 is 0 Å². The van der Waals surface area contributed by atoms with Gasteiger partial charge in [0.15, 0.2) is 0 Å². The van der Waals surface area contributed by atoms with Crippen LogP contribution in [0.5, 0.6) is 0 Å². The molecule has 0 fully saturated rings. The normalized spacial score (nSPS) is 14.4. The molecule has 1 aliphatic heterocycles.